The fraction of sp³-hybridized carbons (Fsp3) is 0.200. The van der Waals surface area contributed by atoms with Crippen molar-refractivity contribution in [1.82, 2.24) is 5.32 Å². The van der Waals surface area contributed by atoms with Gasteiger partial charge >= 0.3 is 0 Å². The van der Waals surface area contributed by atoms with Gasteiger partial charge in [0.05, 0.1) is 0 Å². The highest BCUT2D eigenvalue weighted by atomic mass is 32.2. The van der Waals surface area contributed by atoms with Crippen LogP contribution in [-0.2, 0) is 0 Å². The molecule has 1 aromatic carbocycles. The molecule has 3 nitrogen and oxygen atoms in total. The standard InChI is InChI=1S/C10H12N2OS/c1-11-10(14-2)12-9(13)8-6-4-3-5-7-8/h3-7H,1-2H3,(H,11,12,13). The van der Waals surface area contributed by atoms with E-state index in [9.17, 15) is 4.79 Å². The van der Waals surface area contributed by atoms with Gasteiger partial charge in [-0.2, -0.15) is 0 Å². The van der Waals surface area contributed by atoms with Crippen molar-refractivity contribution in [3.05, 3.63) is 35.9 Å². The molecular weight excluding hydrogens is 196 g/mol. The highest BCUT2D eigenvalue weighted by molar-refractivity contribution is 8.13. The van der Waals surface area contributed by atoms with E-state index in [2.05, 4.69) is 10.3 Å². The van der Waals surface area contributed by atoms with Crippen molar-refractivity contribution < 1.29 is 4.79 Å². The Hall–Kier alpha value is -1.29. The molecule has 0 heterocycles. The topological polar surface area (TPSA) is 41.5 Å². The summed E-state index contributed by atoms with van der Waals surface area (Å²) in [7, 11) is 1.65. The molecule has 0 radical (unpaired) electrons. The van der Waals surface area contributed by atoms with Crippen LogP contribution in [0.3, 0.4) is 0 Å². The molecule has 0 atom stereocenters. The predicted octanol–water partition coefficient (Wildman–Crippen LogP) is 1.77. The number of thioether (sulfide) groups is 1. The molecular formula is C10H12N2OS. The van der Waals surface area contributed by atoms with Gasteiger partial charge in [-0.25, -0.2) is 0 Å². The summed E-state index contributed by atoms with van der Waals surface area (Å²) in [6.07, 6.45) is 1.87. The molecule has 0 bridgehead atoms. The largest absolute Gasteiger partial charge is 0.301 e. The van der Waals surface area contributed by atoms with Crippen LogP contribution in [0.4, 0.5) is 0 Å². The zero-order valence-corrected chi connectivity index (χ0v) is 8.97. The first kappa shape index (κ1) is 10.8. The number of benzene rings is 1. The lowest BCUT2D eigenvalue weighted by Crippen LogP contribution is -2.27. The maximum atomic E-state index is 11.6. The fourth-order valence-corrected chi connectivity index (χ4v) is 1.33. The highest BCUT2D eigenvalue weighted by Crippen LogP contribution is 2.00. The van der Waals surface area contributed by atoms with E-state index in [0.29, 0.717) is 10.7 Å². The van der Waals surface area contributed by atoms with Crippen LogP contribution in [0, 0.1) is 0 Å². The Labute approximate surface area is 87.6 Å². The average Bonchev–Trinajstić information content (AvgIpc) is 2.26. The van der Waals surface area contributed by atoms with Crippen LogP contribution in [0.5, 0.6) is 0 Å². The van der Waals surface area contributed by atoms with Crippen molar-refractivity contribution in [2.24, 2.45) is 4.99 Å². The minimum atomic E-state index is -0.124. The predicted molar refractivity (Wildman–Crippen MR) is 60.8 cm³/mol. The van der Waals surface area contributed by atoms with E-state index in [1.165, 1.54) is 11.8 Å². The molecule has 0 spiro atoms. The molecule has 0 unspecified atom stereocenters. The van der Waals surface area contributed by atoms with Gasteiger partial charge in [0.25, 0.3) is 5.91 Å². The van der Waals surface area contributed by atoms with Gasteiger partial charge in [0.15, 0.2) is 5.17 Å². The molecule has 0 aliphatic carbocycles. The van der Waals surface area contributed by atoms with Gasteiger partial charge in [0.1, 0.15) is 0 Å². The first-order valence-electron chi connectivity index (χ1n) is 4.15. The number of rotatable bonds is 1. The Balaban J connectivity index is 2.68. The van der Waals surface area contributed by atoms with E-state index in [-0.39, 0.29) is 5.91 Å². The quantitative estimate of drug-likeness (QED) is 0.564. The van der Waals surface area contributed by atoms with Gasteiger partial charge in [-0.1, -0.05) is 30.0 Å². The molecule has 4 heteroatoms. The number of hydrogen-bond donors (Lipinski definition) is 1. The highest BCUT2D eigenvalue weighted by Gasteiger charge is 2.05. The summed E-state index contributed by atoms with van der Waals surface area (Å²) in [5.41, 5.74) is 0.641. The number of carbonyl (C=O) groups is 1. The summed E-state index contributed by atoms with van der Waals surface area (Å²) in [4.78, 5) is 15.5. The average molecular weight is 208 g/mol. The third kappa shape index (κ3) is 2.88. The summed E-state index contributed by atoms with van der Waals surface area (Å²) in [6.45, 7) is 0. The molecule has 1 aromatic rings. The third-order valence-corrected chi connectivity index (χ3v) is 2.32. The number of nitrogens with zero attached hydrogens (tertiary/aromatic N) is 1. The van der Waals surface area contributed by atoms with Gasteiger partial charge in [-0.15, -0.1) is 0 Å². The molecule has 14 heavy (non-hydrogen) atoms. The molecule has 0 aliphatic rings. The van der Waals surface area contributed by atoms with Crippen molar-refractivity contribution in [1.29, 1.82) is 0 Å². The van der Waals surface area contributed by atoms with E-state index in [1.54, 1.807) is 19.2 Å². The van der Waals surface area contributed by atoms with Crippen LogP contribution in [-0.4, -0.2) is 24.4 Å². The molecule has 0 saturated heterocycles. The maximum absolute atomic E-state index is 11.6. The number of aliphatic imine (C=N–C) groups is 1. The van der Waals surface area contributed by atoms with Crippen molar-refractivity contribution >= 4 is 22.8 Å². The first-order valence-corrected chi connectivity index (χ1v) is 5.37. The second-order valence-electron chi connectivity index (χ2n) is 2.55. The van der Waals surface area contributed by atoms with Crippen LogP contribution in [0.25, 0.3) is 0 Å². The van der Waals surface area contributed by atoms with Gasteiger partial charge in [0.2, 0.25) is 0 Å². The maximum Gasteiger partial charge on any atom is 0.257 e. The molecule has 0 aromatic heterocycles. The van der Waals surface area contributed by atoms with Gasteiger partial charge in [0, 0.05) is 12.6 Å². The zero-order valence-electron chi connectivity index (χ0n) is 8.15. The third-order valence-electron chi connectivity index (χ3n) is 1.65. The van der Waals surface area contributed by atoms with Crippen molar-refractivity contribution in [2.75, 3.05) is 13.3 Å². The van der Waals surface area contributed by atoms with Crippen LogP contribution < -0.4 is 5.32 Å². The number of hydrogen-bond acceptors (Lipinski definition) is 3. The van der Waals surface area contributed by atoms with Crippen molar-refractivity contribution in [3.63, 3.8) is 0 Å². The van der Waals surface area contributed by atoms with Crippen LogP contribution in [0.15, 0.2) is 35.3 Å². The summed E-state index contributed by atoms with van der Waals surface area (Å²) >= 11 is 1.41. The minimum Gasteiger partial charge on any atom is -0.301 e. The van der Waals surface area contributed by atoms with Crippen LogP contribution >= 0.6 is 11.8 Å². The van der Waals surface area contributed by atoms with Crippen LogP contribution in [0.1, 0.15) is 10.4 Å². The molecule has 1 N–H and O–H groups in total. The minimum absolute atomic E-state index is 0.124. The van der Waals surface area contributed by atoms with E-state index in [0.717, 1.165) is 0 Å². The monoisotopic (exact) mass is 208 g/mol. The normalized spacial score (nSPS) is 11.1. The van der Waals surface area contributed by atoms with E-state index in [1.807, 2.05) is 24.5 Å². The molecule has 1 amide bonds. The Morgan fingerprint density at radius 3 is 2.50 bits per heavy atom. The number of nitrogens with one attached hydrogen (secondary N) is 1. The summed E-state index contributed by atoms with van der Waals surface area (Å²) in [6, 6.07) is 9.07. The Morgan fingerprint density at radius 1 is 1.36 bits per heavy atom. The van der Waals surface area contributed by atoms with Crippen LogP contribution in [0.2, 0.25) is 0 Å². The van der Waals surface area contributed by atoms with E-state index < -0.39 is 0 Å². The number of carbonyl (C=O) groups excluding carboxylic acids is 1. The molecule has 74 valence electrons. The Bertz CT molecular complexity index is 335. The van der Waals surface area contributed by atoms with Gasteiger partial charge in [-0.3, -0.25) is 9.79 Å². The first-order chi connectivity index (χ1) is 6.77. The number of amides is 1. The zero-order chi connectivity index (χ0) is 10.4. The lowest BCUT2D eigenvalue weighted by molar-refractivity contribution is 0.0978. The molecule has 1 rings (SSSR count). The fourth-order valence-electron chi connectivity index (χ4n) is 0.957. The lowest BCUT2D eigenvalue weighted by Gasteiger charge is -2.04. The summed E-state index contributed by atoms with van der Waals surface area (Å²) in [5.74, 6) is -0.124. The second-order valence-corrected chi connectivity index (χ2v) is 3.35. The molecule has 0 fully saturated rings. The van der Waals surface area contributed by atoms with Gasteiger partial charge in [-0.05, 0) is 18.4 Å². The lowest BCUT2D eigenvalue weighted by atomic mass is 10.2. The smallest absolute Gasteiger partial charge is 0.257 e. The van der Waals surface area contributed by atoms with Crippen molar-refractivity contribution in [2.45, 2.75) is 0 Å². The summed E-state index contributed by atoms with van der Waals surface area (Å²) < 4.78 is 0. The Kier molecular flexibility index (Phi) is 4.19. The summed E-state index contributed by atoms with van der Waals surface area (Å²) in [5, 5.41) is 3.33. The molecule has 0 saturated carbocycles. The van der Waals surface area contributed by atoms with E-state index in [4.69, 9.17) is 0 Å². The van der Waals surface area contributed by atoms with E-state index >= 15 is 0 Å². The SMILES string of the molecule is C/N=C(/NC(=O)c1ccccc1)SC. The van der Waals surface area contributed by atoms with Gasteiger partial charge < -0.3 is 5.32 Å². The molecule has 0 aliphatic heterocycles. The number of amidine groups is 1. The van der Waals surface area contributed by atoms with Crippen molar-refractivity contribution in [3.8, 4) is 0 Å². The second kappa shape index (κ2) is 5.44. The Morgan fingerprint density at radius 2 is 2.00 bits per heavy atom.